The molecule has 2 atom stereocenters. The number of carbonyl (C=O) groups is 1. The molecule has 2 aromatic rings. The van der Waals surface area contributed by atoms with Crippen molar-refractivity contribution in [3.8, 4) is 0 Å². The molecule has 1 aromatic heterocycles. The fourth-order valence-corrected chi connectivity index (χ4v) is 4.21. The first kappa shape index (κ1) is 28.3. The molecule has 3 rings (SSSR count). The number of ether oxygens (including phenoxy) is 2. The lowest BCUT2D eigenvalue weighted by atomic mass is 10.1. The van der Waals surface area contributed by atoms with Crippen LogP contribution in [0.1, 0.15) is 51.8 Å². The summed E-state index contributed by atoms with van der Waals surface area (Å²) in [6.07, 6.45) is 3.41. The Morgan fingerprint density at radius 1 is 1.30 bits per heavy atom. The van der Waals surface area contributed by atoms with E-state index in [2.05, 4.69) is 34.4 Å². The molecule has 1 saturated heterocycles. The number of thiocarbonyl (C=S) groups is 1. The molecule has 4 N–H and O–H groups in total. The molecule has 9 nitrogen and oxygen atoms in total. The summed E-state index contributed by atoms with van der Waals surface area (Å²) < 4.78 is 11.2. The number of rotatable bonds is 9. The van der Waals surface area contributed by atoms with Crippen LogP contribution < -0.4 is 10.6 Å². The second-order valence-corrected chi connectivity index (χ2v) is 9.93. The summed E-state index contributed by atoms with van der Waals surface area (Å²) in [7, 11) is 0. The average molecular weight is 527 g/mol. The highest BCUT2D eigenvalue weighted by molar-refractivity contribution is 7.80. The van der Waals surface area contributed by atoms with Crippen LogP contribution in [-0.2, 0) is 14.3 Å². The molecule has 1 fully saturated rings. The minimum atomic E-state index is -0.205. The highest BCUT2D eigenvalue weighted by Crippen LogP contribution is 2.18. The Bertz CT molecular complexity index is 1070. The fourth-order valence-electron chi connectivity index (χ4n) is 3.99. The smallest absolute Gasteiger partial charge is 0.306 e. The summed E-state index contributed by atoms with van der Waals surface area (Å²) in [5.74, 6) is 0.983. The number of morpholine rings is 1. The first-order chi connectivity index (χ1) is 17.7. The second-order valence-electron chi connectivity index (χ2n) is 9.53. The van der Waals surface area contributed by atoms with Gasteiger partial charge in [0.15, 0.2) is 16.8 Å². The summed E-state index contributed by atoms with van der Waals surface area (Å²) in [5, 5.41) is 15.2. The van der Waals surface area contributed by atoms with E-state index in [0.717, 1.165) is 30.2 Å². The molecular weight excluding hydrogens is 488 g/mol. The van der Waals surface area contributed by atoms with Gasteiger partial charge in [0, 0.05) is 37.0 Å². The Morgan fingerprint density at radius 2 is 2.05 bits per heavy atom. The average Bonchev–Trinajstić information content (AvgIpc) is 3.39. The quantitative estimate of drug-likeness (QED) is 0.128. The Kier molecular flexibility index (Phi) is 10.6. The number of nitrogens with zero attached hydrogens (tertiary/aromatic N) is 2. The number of carbonyl (C=O) groups excluding carboxylic acids is 1. The zero-order valence-electron chi connectivity index (χ0n) is 22.0. The molecule has 37 heavy (non-hydrogen) atoms. The standard InChI is InChI=1S/C27H38N6O3S/c1-5-22-17-33(16-19(4)36-22)26(23-7-6-12-29-23)32-25(28)20-8-10-21(11-9-20)31-27(37)30-13-14-35-24(34)15-18(2)3/h6-12,18-19,22,28-29H,5,13-17H2,1-4H3,(H2,30,31,37)/b28-25?,32-26+/t19-,22+/m0/s1. The van der Waals surface area contributed by atoms with Gasteiger partial charge in [-0.25, -0.2) is 4.99 Å². The number of hydrogen-bond acceptors (Lipinski definition) is 5. The molecule has 0 amide bonds. The highest BCUT2D eigenvalue weighted by atomic mass is 32.1. The molecule has 0 unspecified atom stereocenters. The van der Waals surface area contributed by atoms with E-state index in [1.807, 2.05) is 56.4 Å². The van der Waals surface area contributed by atoms with Gasteiger partial charge in [-0.05, 0) is 67.9 Å². The van der Waals surface area contributed by atoms with Crippen LogP contribution in [0.2, 0.25) is 0 Å². The van der Waals surface area contributed by atoms with Gasteiger partial charge in [0.2, 0.25) is 0 Å². The van der Waals surface area contributed by atoms with E-state index in [1.165, 1.54) is 0 Å². The molecule has 0 bridgehead atoms. The fraction of sp³-hybridized carbons (Fsp3) is 0.481. The summed E-state index contributed by atoms with van der Waals surface area (Å²) in [4.78, 5) is 21.8. The van der Waals surface area contributed by atoms with E-state index in [0.29, 0.717) is 30.2 Å². The molecule has 1 aliphatic heterocycles. The number of aliphatic imine (C=N–C) groups is 1. The second kappa shape index (κ2) is 13.9. The minimum absolute atomic E-state index is 0.0861. The number of anilines is 1. The normalized spacial score (nSPS) is 18.0. The number of benzene rings is 1. The summed E-state index contributed by atoms with van der Waals surface area (Å²) in [6.45, 7) is 10.3. The van der Waals surface area contributed by atoms with Gasteiger partial charge in [-0.3, -0.25) is 10.2 Å². The van der Waals surface area contributed by atoms with Crippen molar-refractivity contribution < 1.29 is 14.3 Å². The minimum Gasteiger partial charge on any atom is -0.464 e. The number of H-pyrrole nitrogens is 1. The molecule has 200 valence electrons. The number of hydrogen-bond donors (Lipinski definition) is 4. The van der Waals surface area contributed by atoms with Crippen molar-refractivity contribution in [3.63, 3.8) is 0 Å². The van der Waals surface area contributed by atoms with Gasteiger partial charge in [0.05, 0.1) is 24.4 Å². The van der Waals surface area contributed by atoms with Crippen molar-refractivity contribution >= 4 is 40.7 Å². The van der Waals surface area contributed by atoms with E-state index in [-0.39, 0.29) is 36.5 Å². The van der Waals surface area contributed by atoms with Crippen molar-refractivity contribution in [1.82, 2.24) is 15.2 Å². The SMILES string of the molecule is CC[C@@H]1CN(/C(=N/C(=N)c2ccc(NC(=S)NCCOC(=O)CC(C)C)cc2)c2ccc[nH]2)C[C@H](C)O1. The molecule has 2 heterocycles. The van der Waals surface area contributed by atoms with E-state index >= 15 is 0 Å². The van der Waals surface area contributed by atoms with Crippen LogP contribution in [0.5, 0.6) is 0 Å². The van der Waals surface area contributed by atoms with Crippen LogP contribution in [0.3, 0.4) is 0 Å². The van der Waals surface area contributed by atoms with Crippen molar-refractivity contribution in [2.45, 2.75) is 52.7 Å². The van der Waals surface area contributed by atoms with Crippen LogP contribution in [-0.4, -0.2) is 71.1 Å². The van der Waals surface area contributed by atoms with Crippen molar-refractivity contribution in [2.75, 3.05) is 31.6 Å². The zero-order valence-corrected chi connectivity index (χ0v) is 22.9. The molecule has 0 radical (unpaired) electrons. The Hall–Kier alpha value is -3.24. The van der Waals surface area contributed by atoms with Crippen LogP contribution in [0, 0.1) is 11.3 Å². The first-order valence-corrected chi connectivity index (χ1v) is 13.2. The largest absolute Gasteiger partial charge is 0.464 e. The number of nitrogens with one attached hydrogen (secondary N) is 4. The summed E-state index contributed by atoms with van der Waals surface area (Å²) in [5.41, 5.74) is 2.35. The Morgan fingerprint density at radius 3 is 2.70 bits per heavy atom. The predicted molar refractivity (Wildman–Crippen MR) is 151 cm³/mol. The van der Waals surface area contributed by atoms with Gasteiger partial charge in [-0.1, -0.05) is 20.8 Å². The maximum absolute atomic E-state index is 11.6. The Balaban J connectivity index is 1.59. The van der Waals surface area contributed by atoms with Gasteiger partial charge in [0.1, 0.15) is 6.61 Å². The van der Waals surface area contributed by atoms with Gasteiger partial charge < -0.3 is 30.0 Å². The van der Waals surface area contributed by atoms with E-state index in [1.54, 1.807) is 0 Å². The summed E-state index contributed by atoms with van der Waals surface area (Å²) >= 11 is 5.33. The van der Waals surface area contributed by atoms with Crippen molar-refractivity contribution in [2.24, 2.45) is 10.9 Å². The van der Waals surface area contributed by atoms with E-state index < -0.39 is 0 Å². The number of aromatic nitrogens is 1. The van der Waals surface area contributed by atoms with Crippen LogP contribution in [0.15, 0.2) is 47.6 Å². The van der Waals surface area contributed by atoms with Gasteiger partial charge in [0.25, 0.3) is 0 Å². The third-order valence-corrected chi connectivity index (χ3v) is 6.03. The predicted octanol–water partition coefficient (Wildman–Crippen LogP) is 4.16. The molecule has 1 aliphatic rings. The third-order valence-electron chi connectivity index (χ3n) is 5.78. The van der Waals surface area contributed by atoms with Crippen LogP contribution in [0.4, 0.5) is 5.69 Å². The molecule has 1 aromatic carbocycles. The molecule has 10 heteroatoms. The van der Waals surface area contributed by atoms with Gasteiger partial charge >= 0.3 is 5.97 Å². The first-order valence-electron chi connectivity index (χ1n) is 12.8. The highest BCUT2D eigenvalue weighted by Gasteiger charge is 2.27. The molecule has 0 spiro atoms. The number of aromatic amines is 1. The number of esters is 1. The van der Waals surface area contributed by atoms with Crippen molar-refractivity contribution in [3.05, 3.63) is 53.9 Å². The topological polar surface area (TPSA) is 115 Å². The monoisotopic (exact) mass is 526 g/mol. The summed E-state index contributed by atoms with van der Waals surface area (Å²) in [6, 6.07) is 11.3. The lowest BCUT2D eigenvalue weighted by molar-refractivity contribution is -0.144. The third kappa shape index (κ3) is 8.98. The zero-order chi connectivity index (χ0) is 26.8. The molecular formula is C27H38N6O3S. The van der Waals surface area contributed by atoms with E-state index in [9.17, 15) is 4.79 Å². The lowest BCUT2D eigenvalue weighted by Gasteiger charge is -2.38. The van der Waals surface area contributed by atoms with E-state index in [4.69, 9.17) is 32.1 Å². The Labute approximate surface area is 224 Å². The van der Waals surface area contributed by atoms with Crippen molar-refractivity contribution in [1.29, 1.82) is 5.41 Å². The van der Waals surface area contributed by atoms with Gasteiger partial charge in [-0.15, -0.1) is 0 Å². The number of amidine groups is 2. The molecule has 0 saturated carbocycles. The maximum Gasteiger partial charge on any atom is 0.306 e. The molecule has 0 aliphatic carbocycles. The van der Waals surface area contributed by atoms with Crippen LogP contribution >= 0.6 is 12.2 Å². The lowest BCUT2D eigenvalue weighted by Crippen LogP contribution is -2.49. The van der Waals surface area contributed by atoms with Crippen LogP contribution in [0.25, 0.3) is 0 Å². The van der Waals surface area contributed by atoms with Gasteiger partial charge in [-0.2, -0.15) is 0 Å². The maximum atomic E-state index is 11.6.